The number of carbonyl (C=O) groups excluding carboxylic acids is 1. The lowest BCUT2D eigenvalue weighted by atomic mass is 9.95. The molecule has 0 radical (unpaired) electrons. The fourth-order valence-corrected chi connectivity index (χ4v) is 2.76. The summed E-state index contributed by atoms with van der Waals surface area (Å²) in [6, 6.07) is 6.39. The van der Waals surface area contributed by atoms with Gasteiger partial charge in [0.25, 0.3) is 0 Å². The smallest absolute Gasteiger partial charge is 0.150 e. The molecule has 1 aromatic rings. The Kier molecular flexibility index (Phi) is 5.75. The zero-order valence-corrected chi connectivity index (χ0v) is 14.3. The standard InChI is InChI=1S/C21H25NO/c1-5-7-8-9-16(3)20-13-19-12-18(15-23)10-11-21(19)22(14-20)17(4)6-2/h5,7-13,15,17H,1,6,14H2,2-4H3/b8-7-,16-9+. The summed E-state index contributed by atoms with van der Waals surface area (Å²) in [6.07, 6.45) is 12.0. The van der Waals surface area contributed by atoms with Crippen LogP contribution in [0.5, 0.6) is 0 Å². The van der Waals surface area contributed by atoms with Gasteiger partial charge in [0.15, 0.2) is 0 Å². The van der Waals surface area contributed by atoms with Gasteiger partial charge in [-0.05, 0) is 61.3 Å². The van der Waals surface area contributed by atoms with Crippen molar-refractivity contribution in [2.24, 2.45) is 0 Å². The van der Waals surface area contributed by atoms with Gasteiger partial charge in [0, 0.05) is 23.8 Å². The molecule has 1 aliphatic rings. The van der Waals surface area contributed by atoms with Crippen LogP contribution >= 0.6 is 0 Å². The Morgan fingerprint density at radius 2 is 2.17 bits per heavy atom. The highest BCUT2D eigenvalue weighted by molar-refractivity contribution is 5.83. The van der Waals surface area contributed by atoms with E-state index in [1.54, 1.807) is 6.08 Å². The van der Waals surface area contributed by atoms with Crippen molar-refractivity contribution in [1.82, 2.24) is 0 Å². The topological polar surface area (TPSA) is 20.3 Å². The normalized spacial score (nSPS) is 16.0. The van der Waals surface area contributed by atoms with E-state index < -0.39 is 0 Å². The Bertz CT molecular complexity index is 679. The lowest BCUT2D eigenvalue weighted by molar-refractivity contribution is 0.112. The summed E-state index contributed by atoms with van der Waals surface area (Å²) in [7, 11) is 0. The molecule has 1 atom stereocenters. The average molecular weight is 307 g/mol. The Labute approximate surface area is 139 Å². The Hall–Kier alpha value is -2.35. The van der Waals surface area contributed by atoms with E-state index in [4.69, 9.17) is 0 Å². The van der Waals surface area contributed by atoms with Crippen LogP contribution < -0.4 is 4.90 Å². The first-order chi connectivity index (χ1) is 11.1. The van der Waals surface area contributed by atoms with Crippen LogP contribution in [0.2, 0.25) is 0 Å². The van der Waals surface area contributed by atoms with E-state index in [1.165, 1.54) is 16.8 Å². The number of aldehydes is 1. The van der Waals surface area contributed by atoms with E-state index in [0.717, 1.165) is 30.4 Å². The second kappa shape index (κ2) is 7.77. The highest BCUT2D eigenvalue weighted by atomic mass is 16.1. The van der Waals surface area contributed by atoms with Crippen LogP contribution in [0.3, 0.4) is 0 Å². The molecule has 0 spiro atoms. The van der Waals surface area contributed by atoms with Gasteiger partial charge in [-0.2, -0.15) is 0 Å². The molecule has 2 rings (SSSR count). The molecule has 1 heterocycles. The summed E-state index contributed by atoms with van der Waals surface area (Å²) in [5.74, 6) is 0. The van der Waals surface area contributed by atoms with Gasteiger partial charge in [-0.15, -0.1) is 0 Å². The quantitative estimate of drug-likeness (QED) is 0.532. The minimum Gasteiger partial charge on any atom is -0.364 e. The number of allylic oxidation sites excluding steroid dienone is 4. The SMILES string of the molecule is C=C/C=C\C=C(/C)C1=Cc2cc(C=O)ccc2N(C(C)CC)C1. The predicted octanol–water partition coefficient (Wildman–Crippen LogP) is 5.19. The molecule has 2 nitrogen and oxygen atoms in total. The molecule has 0 N–H and O–H groups in total. The molecule has 1 unspecified atom stereocenters. The molecule has 120 valence electrons. The van der Waals surface area contributed by atoms with Gasteiger partial charge in [0.1, 0.15) is 6.29 Å². The molecule has 0 saturated heterocycles. The van der Waals surface area contributed by atoms with Gasteiger partial charge in [-0.1, -0.05) is 37.8 Å². The molecule has 0 saturated carbocycles. The average Bonchev–Trinajstić information content (AvgIpc) is 2.59. The molecule has 23 heavy (non-hydrogen) atoms. The summed E-state index contributed by atoms with van der Waals surface area (Å²) in [5.41, 5.74) is 5.58. The third-order valence-corrected chi connectivity index (χ3v) is 4.39. The van der Waals surface area contributed by atoms with Gasteiger partial charge in [0.05, 0.1) is 0 Å². The van der Waals surface area contributed by atoms with Crippen LogP contribution in [-0.4, -0.2) is 18.9 Å². The van der Waals surface area contributed by atoms with Crippen molar-refractivity contribution in [2.45, 2.75) is 33.2 Å². The molecule has 1 aromatic carbocycles. The fourth-order valence-electron chi connectivity index (χ4n) is 2.76. The molecule has 0 aromatic heterocycles. The van der Waals surface area contributed by atoms with Crippen LogP contribution in [0.1, 0.15) is 43.1 Å². The molecule has 1 aliphatic heterocycles. The highest BCUT2D eigenvalue weighted by Crippen LogP contribution is 2.33. The zero-order valence-electron chi connectivity index (χ0n) is 14.3. The van der Waals surface area contributed by atoms with Crippen molar-refractivity contribution < 1.29 is 4.79 Å². The maximum Gasteiger partial charge on any atom is 0.150 e. The Balaban J connectivity index is 2.47. The van der Waals surface area contributed by atoms with Gasteiger partial charge in [0.2, 0.25) is 0 Å². The number of hydrogen-bond donors (Lipinski definition) is 0. The third kappa shape index (κ3) is 3.89. The van der Waals surface area contributed by atoms with E-state index in [-0.39, 0.29) is 0 Å². The first-order valence-corrected chi connectivity index (χ1v) is 8.13. The minimum absolute atomic E-state index is 0.455. The van der Waals surface area contributed by atoms with Gasteiger partial charge < -0.3 is 4.90 Å². The van der Waals surface area contributed by atoms with Crippen LogP contribution in [-0.2, 0) is 0 Å². The van der Waals surface area contributed by atoms with Crippen molar-refractivity contribution >= 4 is 18.0 Å². The highest BCUT2D eigenvalue weighted by Gasteiger charge is 2.22. The molecular weight excluding hydrogens is 282 g/mol. The first-order valence-electron chi connectivity index (χ1n) is 8.13. The van der Waals surface area contributed by atoms with Crippen LogP contribution in [0.4, 0.5) is 5.69 Å². The largest absolute Gasteiger partial charge is 0.364 e. The van der Waals surface area contributed by atoms with E-state index in [9.17, 15) is 4.79 Å². The molecule has 0 fully saturated rings. The number of nitrogens with zero attached hydrogens (tertiary/aromatic N) is 1. The maximum atomic E-state index is 11.1. The lowest BCUT2D eigenvalue weighted by Crippen LogP contribution is -2.36. The van der Waals surface area contributed by atoms with Crippen LogP contribution in [0.25, 0.3) is 6.08 Å². The summed E-state index contributed by atoms with van der Waals surface area (Å²) >= 11 is 0. The molecule has 0 amide bonds. The third-order valence-electron chi connectivity index (χ3n) is 4.39. The van der Waals surface area contributed by atoms with E-state index in [2.05, 4.69) is 50.5 Å². The Morgan fingerprint density at radius 1 is 1.39 bits per heavy atom. The van der Waals surface area contributed by atoms with Crippen LogP contribution in [0.15, 0.2) is 60.2 Å². The van der Waals surface area contributed by atoms with Gasteiger partial charge in [-0.3, -0.25) is 4.79 Å². The monoisotopic (exact) mass is 307 g/mol. The van der Waals surface area contributed by atoms with Crippen molar-refractivity contribution in [2.75, 3.05) is 11.4 Å². The lowest BCUT2D eigenvalue weighted by Gasteiger charge is -2.36. The van der Waals surface area contributed by atoms with Crippen molar-refractivity contribution in [1.29, 1.82) is 0 Å². The summed E-state index contributed by atoms with van der Waals surface area (Å²) < 4.78 is 0. The van der Waals surface area contributed by atoms with E-state index >= 15 is 0 Å². The Morgan fingerprint density at radius 3 is 2.83 bits per heavy atom. The minimum atomic E-state index is 0.455. The maximum absolute atomic E-state index is 11.1. The van der Waals surface area contributed by atoms with Gasteiger partial charge in [-0.25, -0.2) is 0 Å². The fraction of sp³-hybridized carbons (Fsp3) is 0.286. The summed E-state index contributed by atoms with van der Waals surface area (Å²) in [6.45, 7) is 11.2. The van der Waals surface area contributed by atoms with E-state index in [0.29, 0.717) is 6.04 Å². The summed E-state index contributed by atoms with van der Waals surface area (Å²) in [5, 5.41) is 0. The van der Waals surface area contributed by atoms with E-state index in [1.807, 2.05) is 24.3 Å². The number of benzene rings is 1. The number of fused-ring (bicyclic) bond motifs is 1. The number of carbonyl (C=O) groups is 1. The predicted molar refractivity (Wildman–Crippen MR) is 100.0 cm³/mol. The molecule has 2 heteroatoms. The second-order valence-electron chi connectivity index (χ2n) is 5.96. The molecular formula is C21H25NO. The van der Waals surface area contributed by atoms with Gasteiger partial charge >= 0.3 is 0 Å². The zero-order chi connectivity index (χ0) is 16.8. The molecule has 0 bridgehead atoms. The summed E-state index contributed by atoms with van der Waals surface area (Å²) in [4.78, 5) is 13.5. The number of rotatable bonds is 6. The van der Waals surface area contributed by atoms with Crippen LogP contribution in [0, 0.1) is 0 Å². The number of hydrogen-bond acceptors (Lipinski definition) is 2. The first kappa shape index (κ1) is 17.0. The second-order valence-corrected chi connectivity index (χ2v) is 5.96. The number of anilines is 1. The molecule has 0 aliphatic carbocycles. The van der Waals surface area contributed by atoms with Crippen molar-refractivity contribution in [3.8, 4) is 0 Å². The van der Waals surface area contributed by atoms with Crippen molar-refractivity contribution in [3.05, 3.63) is 71.4 Å². The van der Waals surface area contributed by atoms with Crippen molar-refractivity contribution in [3.63, 3.8) is 0 Å².